The summed E-state index contributed by atoms with van der Waals surface area (Å²) in [6, 6.07) is 3.06. The SMILES string of the molecule is NCCCC[C@H](NC(=O)[C@H](Cc1cnc[nH]1)NC(=O)[C@@H](N)CS)C(=O)N[C@@H](Cc1cnc[nH]1)C(=O)N[C@@H](Cc1ccccc1)C(=O)O. The number of carboxylic acids is 1. The van der Waals surface area contributed by atoms with Crippen molar-refractivity contribution in [3.63, 3.8) is 0 Å². The van der Waals surface area contributed by atoms with Crippen LogP contribution in [0.3, 0.4) is 0 Å². The minimum absolute atomic E-state index is 0.0186. The predicted molar refractivity (Wildman–Crippen MR) is 175 cm³/mol. The maximum atomic E-state index is 13.7. The maximum absolute atomic E-state index is 13.7. The molecule has 0 bridgehead atoms. The molecule has 4 amide bonds. The summed E-state index contributed by atoms with van der Waals surface area (Å²) in [4.78, 5) is 79.1. The third-order valence-electron chi connectivity index (χ3n) is 7.23. The highest BCUT2D eigenvalue weighted by Crippen LogP contribution is 2.09. The molecule has 254 valence electrons. The molecule has 3 rings (SSSR count). The molecule has 11 N–H and O–H groups in total. The Hall–Kier alpha value is -4.74. The van der Waals surface area contributed by atoms with Crippen LogP contribution in [0.1, 0.15) is 36.2 Å². The molecule has 0 aliphatic rings. The van der Waals surface area contributed by atoms with Crippen LogP contribution in [0, 0.1) is 0 Å². The summed E-state index contributed by atoms with van der Waals surface area (Å²) in [5.74, 6) is -3.91. The number of unbranched alkanes of at least 4 members (excludes halogenated alkanes) is 1. The second-order valence-corrected chi connectivity index (χ2v) is 11.3. The number of carbonyl (C=O) groups excluding carboxylic acids is 4. The lowest BCUT2D eigenvalue weighted by molar-refractivity contribution is -0.142. The molecule has 0 fully saturated rings. The van der Waals surface area contributed by atoms with Gasteiger partial charge in [-0.1, -0.05) is 30.3 Å². The van der Waals surface area contributed by atoms with E-state index in [1.165, 1.54) is 25.0 Å². The molecule has 2 heterocycles. The molecule has 2 aromatic heterocycles. The highest BCUT2D eigenvalue weighted by atomic mass is 32.1. The Kier molecular flexibility index (Phi) is 14.9. The summed E-state index contributed by atoms with van der Waals surface area (Å²) < 4.78 is 0. The smallest absolute Gasteiger partial charge is 0.326 e. The van der Waals surface area contributed by atoms with Gasteiger partial charge in [-0.2, -0.15) is 12.6 Å². The van der Waals surface area contributed by atoms with Crippen LogP contribution in [-0.4, -0.2) is 97.1 Å². The van der Waals surface area contributed by atoms with Gasteiger partial charge in [0.1, 0.15) is 24.2 Å². The molecule has 1 aromatic carbocycles. The van der Waals surface area contributed by atoms with Crippen LogP contribution in [0.25, 0.3) is 0 Å². The summed E-state index contributed by atoms with van der Waals surface area (Å²) >= 11 is 4.05. The first-order valence-electron chi connectivity index (χ1n) is 15.1. The van der Waals surface area contributed by atoms with E-state index in [-0.39, 0.29) is 31.4 Å². The van der Waals surface area contributed by atoms with E-state index >= 15 is 0 Å². The minimum atomic E-state index is -1.28. The van der Waals surface area contributed by atoms with Gasteiger partial charge in [0.15, 0.2) is 0 Å². The van der Waals surface area contributed by atoms with E-state index in [0.29, 0.717) is 36.3 Å². The van der Waals surface area contributed by atoms with Gasteiger partial charge in [0.25, 0.3) is 0 Å². The lowest BCUT2D eigenvalue weighted by Crippen LogP contribution is -2.59. The van der Waals surface area contributed by atoms with Gasteiger partial charge in [0.2, 0.25) is 23.6 Å². The largest absolute Gasteiger partial charge is 0.480 e. The number of imidazole rings is 2. The molecule has 17 heteroatoms. The molecule has 47 heavy (non-hydrogen) atoms. The molecule has 5 atom stereocenters. The van der Waals surface area contributed by atoms with Gasteiger partial charge in [-0.05, 0) is 31.4 Å². The standard InChI is InChI=1S/C30H42N10O6S/c31-9-5-4-8-22(37-28(43)23(11-19-13-33-16-35-19)38-26(41)21(32)15-47)27(42)39-24(12-20-14-34-17-36-20)29(44)40-25(30(45)46)10-18-6-2-1-3-7-18/h1-3,6-7,13-14,16-17,21-25,47H,4-5,8-12,15,31-32H2,(H,33,35)(H,34,36)(H,37,43)(H,38,41)(H,39,42)(H,40,44)(H,45,46)/t21-,22-,23-,24-,25-/m0/s1. The van der Waals surface area contributed by atoms with Crippen molar-refractivity contribution in [2.24, 2.45) is 11.5 Å². The predicted octanol–water partition coefficient (Wildman–Crippen LogP) is -1.43. The van der Waals surface area contributed by atoms with Gasteiger partial charge in [-0.3, -0.25) is 19.2 Å². The topological polar surface area (TPSA) is 263 Å². The van der Waals surface area contributed by atoms with Crippen molar-refractivity contribution < 1.29 is 29.1 Å². The number of hydrogen-bond donors (Lipinski definition) is 10. The molecule has 0 spiro atoms. The number of nitrogens with two attached hydrogens (primary N) is 2. The van der Waals surface area contributed by atoms with E-state index in [0.717, 1.165) is 0 Å². The lowest BCUT2D eigenvalue weighted by Gasteiger charge is -2.26. The first-order chi connectivity index (χ1) is 22.6. The number of H-pyrrole nitrogens is 2. The van der Waals surface area contributed by atoms with Crippen LogP contribution < -0.4 is 32.7 Å². The summed E-state index contributed by atoms with van der Waals surface area (Å²) in [5.41, 5.74) is 13.2. The fraction of sp³-hybridized carbons (Fsp3) is 0.433. The Balaban J connectivity index is 1.81. The highest BCUT2D eigenvalue weighted by molar-refractivity contribution is 7.80. The molecule has 0 saturated heterocycles. The first kappa shape index (κ1) is 36.7. The molecule has 3 aromatic rings. The number of aromatic nitrogens is 4. The molecular weight excluding hydrogens is 628 g/mol. The van der Waals surface area contributed by atoms with Gasteiger partial charge >= 0.3 is 5.97 Å². The average Bonchev–Trinajstić information content (AvgIpc) is 3.78. The second kappa shape index (κ2) is 19.0. The molecule has 0 radical (unpaired) electrons. The number of aromatic amines is 2. The van der Waals surface area contributed by atoms with Crippen LogP contribution in [0.2, 0.25) is 0 Å². The zero-order valence-electron chi connectivity index (χ0n) is 25.7. The Morgan fingerprint density at radius 3 is 1.74 bits per heavy atom. The van der Waals surface area contributed by atoms with Gasteiger partial charge in [-0.25, -0.2) is 14.8 Å². The average molecular weight is 671 g/mol. The minimum Gasteiger partial charge on any atom is -0.480 e. The lowest BCUT2D eigenvalue weighted by atomic mass is 10.0. The Labute approximate surface area is 277 Å². The second-order valence-electron chi connectivity index (χ2n) is 10.9. The highest BCUT2D eigenvalue weighted by Gasteiger charge is 2.32. The molecule has 0 unspecified atom stereocenters. The van der Waals surface area contributed by atoms with Crippen molar-refractivity contribution >= 4 is 42.2 Å². The molecule has 0 aliphatic heterocycles. The quantitative estimate of drug-likeness (QED) is 0.0495. The van der Waals surface area contributed by atoms with Crippen LogP contribution >= 0.6 is 12.6 Å². The van der Waals surface area contributed by atoms with Crippen LogP contribution in [-0.2, 0) is 43.2 Å². The number of carbonyl (C=O) groups is 5. The van der Waals surface area contributed by atoms with Gasteiger partial charge in [-0.15, -0.1) is 0 Å². The van der Waals surface area contributed by atoms with Crippen LogP contribution in [0.5, 0.6) is 0 Å². The van der Waals surface area contributed by atoms with Gasteiger partial charge < -0.3 is 47.8 Å². The van der Waals surface area contributed by atoms with Crippen molar-refractivity contribution in [2.75, 3.05) is 12.3 Å². The van der Waals surface area contributed by atoms with E-state index in [9.17, 15) is 29.1 Å². The zero-order chi connectivity index (χ0) is 34.2. The number of nitrogens with one attached hydrogen (secondary N) is 6. The van der Waals surface area contributed by atoms with Crippen molar-refractivity contribution in [2.45, 2.75) is 68.7 Å². The number of rotatable bonds is 20. The van der Waals surface area contributed by atoms with Gasteiger partial charge in [0.05, 0.1) is 18.7 Å². The number of benzene rings is 1. The summed E-state index contributed by atoms with van der Waals surface area (Å²) in [6.07, 6.45) is 7.00. The normalized spacial score (nSPS) is 14.2. The summed E-state index contributed by atoms with van der Waals surface area (Å²) in [5, 5.41) is 20.4. The van der Waals surface area contributed by atoms with Crippen molar-refractivity contribution in [1.29, 1.82) is 0 Å². The molecule has 0 aliphatic carbocycles. The molecule has 16 nitrogen and oxygen atoms in total. The van der Waals surface area contributed by atoms with Crippen molar-refractivity contribution in [1.82, 2.24) is 41.2 Å². The maximum Gasteiger partial charge on any atom is 0.326 e. The number of thiol groups is 1. The Bertz CT molecular complexity index is 1420. The Morgan fingerprint density at radius 2 is 1.26 bits per heavy atom. The fourth-order valence-corrected chi connectivity index (χ4v) is 4.81. The van der Waals surface area contributed by atoms with E-state index in [1.54, 1.807) is 30.3 Å². The first-order valence-corrected chi connectivity index (χ1v) is 15.7. The zero-order valence-corrected chi connectivity index (χ0v) is 26.6. The van der Waals surface area contributed by atoms with Gasteiger partial charge in [0, 0.05) is 48.8 Å². The summed E-state index contributed by atoms with van der Waals surface area (Å²) in [7, 11) is 0. The van der Waals surface area contributed by atoms with Crippen LogP contribution in [0.4, 0.5) is 0 Å². The number of nitrogens with zero attached hydrogens (tertiary/aromatic N) is 2. The van der Waals surface area contributed by atoms with Crippen molar-refractivity contribution in [3.8, 4) is 0 Å². The Morgan fingerprint density at radius 1 is 0.745 bits per heavy atom. The molecular formula is C30H42N10O6S. The number of aliphatic carboxylic acids is 1. The fourth-order valence-electron chi connectivity index (χ4n) is 4.64. The van der Waals surface area contributed by atoms with E-state index in [1.807, 2.05) is 0 Å². The van der Waals surface area contributed by atoms with Crippen LogP contribution in [0.15, 0.2) is 55.4 Å². The molecule has 0 saturated carbocycles. The summed E-state index contributed by atoms with van der Waals surface area (Å²) in [6.45, 7) is 0.352. The van der Waals surface area contributed by atoms with E-state index in [4.69, 9.17) is 11.5 Å². The van der Waals surface area contributed by atoms with E-state index in [2.05, 4.69) is 53.8 Å². The number of carboxylic acid groups (broad SMARTS) is 1. The monoisotopic (exact) mass is 670 g/mol. The number of amides is 4. The van der Waals surface area contributed by atoms with E-state index < -0.39 is 59.8 Å². The van der Waals surface area contributed by atoms with Crippen molar-refractivity contribution in [3.05, 3.63) is 72.3 Å². The number of hydrogen-bond acceptors (Lipinski definition) is 10. The third kappa shape index (κ3) is 12.2. The third-order valence-corrected chi connectivity index (χ3v) is 7.63.